The van der Waals surface area contributed by atoms with Crippen LogP contribution in [0.15, 0.2) is 0 Å². The van der Waals surface area contributed by atoms with Gasteiger partial charge in [-0.2, -0.15) is 0 Å². The third kappa shape index (κ3) is 11.9. The fraction of sp³-hybridized carbons (Fsp3) is 1.00. The van der Waals surface area contributed by atoms with Crippen LogP contribution in [-0.2, 0) is 0 Å². The highest BCUT2D eigenvalue weighted by molar-refractivity contribution is 4.52. The van der Waals surface area contributed by atoms with Crippen LogP contribution in [0.5, 0.6) is 0 Å². The maximum Gasteiger partial charge on any atom is 0.0517 e. The first-order valence-electron chi connectivity index (χ1n) is 5.76. The molecule has 0 rings (SSSR count). The van der Waals surface area contributed by atoms with Gasteiger partial charge in [-0.05, 0) is 19.9 Å². The van der Waals surface area contributed by atoms with Gasteiger partial charge < -0.3 is 11.1 Å². The zero-order valence-corrected chi connectivity index (χ0v) is 9.31. The Labute approximate surface area is 83.3 Å². The summed E-state index contributed by atoms with van der Waals surface area (Å²) in [4.78, 5) is 0. The molecule has 0 saturated heterocycles. The summed E-state index contributed by atoms with van der Waals surface area (Å²) >= 11 is 0. The Kier molecular flexibility index (Phi) is 9.94. The van der Waals surface area contributed by atoms with E-state index in [1.165, 1.54) is 44.9 Å². The number of nitrogens with one attached hydrogen (secondary N) is 1. The van der Waals surface area contributed by atoms with Crippen molar-refractivity contribution in [3.63, 3.8) is 0 Å². The van der Waals surface area contributed by atoms with E-state index >= 15 is 0 Å². The van der Waals surface area contributed by atoms with Crippen molar-refractivity contribution in [1.29, 1.82) is 0 Å². The first-order valence-corrected chi connectivity index (χ1v) is 5.76. The monoisotopic (exact) mass is 186 g/mol. The number of rotatable bonds is 9. The van der Waals surface area contributed by atoms with E-state index in [0.717, 1.165) is 6.54 Å². The fourth-order valence-corrected chi connectivity index (χ4v) is 1.41. The zero-order valence-electron chi connectivity index (χ0n) is 9.31. The van der Waals surface area contributed by atoms with Gasteiger partial charge in [-0.15, -0.1) is 0 Å². The molecule has 80 valence electrons. The minimum absolute atomic E-state index is 0.153. The second-order valence-electron chi connectivity index (χ2n) is 3.86. The smallest absolute Gasteiger partial charge is 0.0517 e. The van der Waals surface area contributed by atoms with Gasteiger partial charge in [0.25, 0.3) is 0 Å². The van der Waals surface area contributed by atoms with Crippen molar-refractivity contribution in [2.75, 3.05) is 6.54 Å². The molecule has 0 bridgehead atoms. The number of nitrogens with two attached hydrogens (primary N) is 1. The molecule has 2 heteroatoms. The average Bonchev–Trinajstić information content (AvgIpc) is 2.09. The van der Waals surface area contributed by atoms with Crippen molar-refractivity contribution in [3.05, 3.63) is 0 Å². The molecule has 0 spiro atoms. The average molecular weight is 186 g/mol. The van der Waals surface area contributed by atoms with Crippen LogP contribution in [0, 0.1) is 0 Å². The summed E-state index contributed by atoms with van der Waals surface area (Å²) in [5.74, 6) is 0. The molecule has 0 amide bonds. The Hall–Kier alpha value is -0.0800. The van der Waals surface area contributed by atoms with Crippen LogP contribution in [-0.4, -0.2) is 12.7 Å². The standard InChI is InChI=1S/C11H26N2/c1-3-4-5-6-7-8-9-10-13-11(2)12/h11,13H,3-10,12H2,1-2H3. The van der Waals surface area contributed by atoms with Gasteiger partial charge in [0.1, 0.15) is 0 Å². The summed E-state index contributed by atoms with van der Waals surface area (Å²) in [5, 5.41) is 3.23. The summed E-state index contributed by atoms with van der Waals surface area (Å²) < 4.78 is 0. The Bertz CT molecular complexity index is 92.1. The summed E-state index contributed by atoms with van der Waals surface area (Å²) in [7, 11) is 0. The molecule has 0 heterocycles. The van der Waals surface area contributed by atoms with Gasteiger partial charge in [0.2, 0.25) is 0 Å². The summed E-state index contributed by atoms with van der Waals surface area (Å²) in [5.41, 5.74) is 5.56. The van der Waals surface area contributed by atoms with E-state index in [4.69, 9.17) is 5.73 Å². The van der Waals surface area contributed by atoms with Crippen molar-refractivity contribution in [3.8, 4) is 0 Å². The van der Waals surface area contributed by atoms with Crippen molar-refractivity contribution in [2.45, 2.75) is 65.0 Å². The van der Waals surface area contributed by atoms with Gasteiger partial charge in [-0.25, -0.2) is 0 Å². The molecule has 0 radical (unpaired) electrons. The molecule has 0 aromatic rings. The van der Waals surface area contributed by atoms with Gasteiger partial charge in [0.15, 0.2) is 0 Å². The van der Waals surface area contributed by atoms with Crippen molar-refractivity contribution in [1.82, 2.24) is 5.32 Å². The second-order valence-corrected chi connectivity index (χ2v) is 3.86. The van der Waals surface area contributed by atoms with Gasteiger partial charge in [0.05, 0.1) is 6.17 Å². The minimum atomic E-state index is 0.153. The van der Waals surface area contributed by atoms with Crippen LogP contribution in [0.2, 0.25) is 0 Å². The maximum absolute atomic E-state index is 5.56. The molecular formula is C11H26N2. The van der Waals surface area contributed by atoms with E-state index in [2.05, 4.69) is 12.2 Å². The predicted molar refractivity (Wildman–Crippen MR) is 59.6 cm³/mol. The first-order chi connectivity index (χ1) is 6.27. The van der Waals surface area contributed by atoms with E-state index in [0.29, 0.717) is 0 Å². The predicted octanol–water partition coefficient (Wildman–Crippen LogP) is 2.63. The first kappa shape index (κ1) is 12.9. The lowest BCUT2D eigenvalue weighted by molar-refractivity contribution is 0.521. The third-order valence-electron chi connectivity index (χ3n) is 2.25. The van der Waals surface area contributed by atoms with Gasteiger partial charge >= 0.3 is 0 Å². The molecule has 0 aromatic heterocycles. The van der Waals surface area contributed by atoms with Gasteiger partial charge in [0, 0.05) is 0 Å². The second kappa shape index (κ2) is 10.0. The third-order valence-corrected chi connectivity index (χ3v) is 2.25. The highest BCUT2D eigenvalue weighted by Crippen LogP contribution is 2.06. The van der Waals surface area contributed by atoms with Crippen LogP contribution in [0.25, 0.3) is 0 Å². The zero-order chi connectivity index (χ0) is 9.94. The Balaban J connectivity index is 2.84. The van der Waals surface area contributed by atoms with Crippen LogP contribution in [0.1, 0.15) is 58.8 Å². The molecule has 13 heavy (non-hydrogen) atoms. The van der Waals surface area contributed by atoms with Crippen LogP contribution in [0.3, 0.4) is 0 Å². The topological polar surface area (TPSA) is 38.0 Å². The lowest BCUT2D eigenvalue weighted by atomic mass is 10.1. The fourth-order valence-electron chi connectivity index (χ4n) is 1.41. The van der Waals surface area contributed by atoms with Crippen molar-refractivity contribution in [2.24, 2.45) is 5.73 Å². The Morgan fingerprint density at radius 1 is 1.00 bits per heavy atom. The largest absolute Gasteiger partial charge is 0.316 e. The highest BCUT2D eigenvalue weighted by atomic mass is 15.0. The van der Waals surface area contributed by atoms with E-state index in [9.17, 15) is 0 Å². The molecule has 0 aliphatic rings. The van der Waals surface area contributed by atoms with Crippen molar-refractivity contribution < 1.29 is 0 Å². The van der Waals surface area contributed by atoms with E-state index in [1.54, 1.807) is 0 Å². The van der Waals surface area contributed by atoms with Crippen molar-refractivity contribution >= 4 is 0 Å². The highest BCUT2D eigenvalue weighted by Gasteiger charge is 1.92. The molecule has 0 aliphatic heterocycles. The molecule has 0 saturated carbocycles. The van der Waals surface area contributed by atoms with E-state index < -0.39 is 0 Å². The summed E-state index contributed by atoms with van der Waals surface area (Å²) in [6.45, 7) is 5.32. The molecule has 0 aliphatic carbocycles. The summed E-state index contributed by atoms with van der Waals surface area (Å²) in [6, 6.07) is 0. The lowest BCUT2D eigenvalue weighted by Gasteiger charge is -2.07. The van der Waals surface area contributed by atoms with E-state index in [1.807, 2.05) is 6.92 Å². The molecule has 2 nitrogen and oxygen atoms in total. The van der Waals surface area contributed by atoms with Crippen LogP contribution >= 0.6 is 0 Å². The molecule has 1 atom stereocenters. The Morgan fingerprint density at radius 3 is 2.08 bits per heavy atom. The number of unbranched alkanes of at least 4 members (excludes halogenated alkanes) is 6. The molecule has 3 N–H and O–H groups in total. The quantitative estimate of drug-likeness (QED) is 0.429. The maximum atomic E-state index is 5.56. The van der Waals surface area contributed by atoms with E-state index in [-0.39, 0.29) is 6.17 Å². The van der Waals surface area contributed by atoms with Gasteiger partial charge in [-0.3, -0.25) is 0 Å². The number of hydrogen-bond donors (Lipinski definition) is 2. The molecule has 0 aromatic carbocycles. The molecule has 0 fully saturated rings. The minimum Gasteiger partial charge on any atom is -0.316 e. The summed E-state index contributed by atoms with van der Waals surface area (Å²) in [6.07, 6.45) is 9.73. The van der Waals surface area contributed by atoms with Crippen LogP contribution in [0.4, 0.5) is 0 Å². The molecular weight excluding hydrogens is 160 g/mol. The normalized spacial score (nSPS) is 13.2. The lowest BCUT2D eigenvalue weighted by Crippen LogP contribution is -2.34. The van der Waals surface area contributed by atoms with Gasteiger partial charge in [-0.1, -0.05) is 45.4 Å². The SMILES string of the molecule is CCCCCCCCCNC(C)N. The molecule has 1 unspecified atom stereocenters. The Morgan fingerprint density at radius 2 is 1.54 bits per heavy atom. The number of hydrogen-bond acceptors (Lipinski definition) is 2. The van der Waals surface area contributed by atoms with Crippen LogP contribution < -0.4 is 11.1 Å².